The third-order valence-corrected chi connectivity index (χ3v) is 6.09. The van der Waals surface area contributed by atoms with Crippen molar-refractivity contribution in [3.05, 3.63) is 89.2 Å². The summed E-state index contributed by atoms with van der Waals surface area (Å²) in [5.74, 6) is 2.99. The number of aromatic nitrogens is 5. The van der Waals surface area contributed by atoms with Crippen LogP contribution in [-0.4, -0.2) is 25.0 Å². The van der Waals surface area contributed by atoms with Crippen LogP contribution in [0.15, 0.2) is 80.9 Å². The lowest BCUT2D eigenvalue weighted by Crippen LogP contribution is -2.04. The molecule has 3 aromatic heterocycles. The fraction of sp³-hybridized carbons (Fsp3) is 0.130. The van der Waals surface area contributed by atoms with Gasteiger partial charge in [0.25, 0.3) is 0 Å². The molecule has 0 bridgehead atoms. The normalized spacial score (nSPS) is 11.2. The summed E-state index contributed by atoms with van der Waals surface area (Å²) >= 11 is 7.45. The van der Waals surface area contributed by atoms with Gasteiger partial charge in [0.15, 0.2) is 11.0 Å². The van der Waals surface area contributed by atoms with Crippen LogP contribution in [-0.2, 0) is 12.3 Å². The molecule has 0 saturated heterocycles. The molecule has 0 atom stereocenters. The summed E-state index contributed by atoms with van der Waals surface area (Å²) in [5.41, 5.74) is 2.89. The molecule has 0 aliphatic heterocycles. The summed E-state index contributed by atoms with van der Waals surface area (Å²) in [6.45, 7) is 2.55. The Bertz CT molecular complexity index is 1330. The molecule has 0 unspecified atom stereocenters. The van der Waals surface area contributed by atoms with E-state index in [1.54, 1.807) is 18.4 Å². The van der Waals surface area contributed by atoms with E-state index in [2.05, 4.69) is 37.1 Å². The maximum atomic E-state index is 5.95. The predicted molar refractivity (Wildman–Crippen MR) is 122 cm³/mol. The SMILES string of the molecule is Cc1occc1-c1nnc(SCc2nnc(-c3ccc(Cl)cc3)o2)n1Cc1ccccc1. The summed E-state index contributed by atoms with van der Waals surface area (Å²) in [6.07, 6.45) is 1.66. The zero-order valence-electron chi connectivity index (χ0n) is 17.1. The molecule has 2 aromatic carbocycles. The lowest BCUT2D eigenvalue weighted by Gasteiger charge is -2.09. The Hall–Kier alpha value is -3.36. The zero-order valence-corrected chi connectivity index (χ0v) is 18.7. The second kappa shape index (κ2) is 9.02. The van der Waals surface area contributed by atoms with Gasteiger partial charge in [-0.2, -0.15) is 0 Å². The number of hydrogen-bond acceptors (Lipinski definition) is 7. The van der Waals surface area contributed by atoms with Gasteiger partial charge in [-0.05, 0) is 42.8 Å². The van der Waals surface area contributed by atoms with E-state index in [0.717, 1.165) is 33.4 Å². The summed E-state index contributed by atoms with van der Waals surface area (Å²) < 4.78 is 13.4. The first-order valence-corrected chi connectivity index (χ1v) is 11.3. The van der Waals surface area contributed by atoms with Crippen LogP contribution in [0.1, 0.15) is 17.2 Å². The van der Waals surface area contributed by atoms with Crippen molar-refractivity contribution in [3.63, 3.8) is 0 Å². The highest BCUT2D eigenvalue weighted by Gasteiger charge is 2.19. The first-order chi connectivity index (χ1) is 15.7. The van der Waals surface area contributed by atoms with Gasteiger partial charge in [0.05, 0.1) is 24.1 Å². The zero-order chi connectivity index (χ0) is 21.9. The molecule has 5 rings (SSSR count). The summed E-state index contributed by atoms with van der Waals surface area (Å²) in [5, 5.41) is 18.6. The standard InChI is InChI=1S/C23H18ClN5O2S/c1-15-19(11-12-30-15)21-26-28-23(29(21)13-16-5-3-2-4-6-16)32-14-20-25-27-22(31-20)17-7-9-18(24)10-8-17/h2-12H,13-14H2,1H3. The van der Waals surface area contributed by atoms with Gasteiger partial charge in [-0.1, -0.05) is 53.7 Å². The number of nitrogens with zero attached hydrogens (tertiary/aromatic N) is 5. The number of halogens is 1. The molecule has 160 valence electrons. The molecule has 0 saturated carbocycles. The highest BCUT2D eigenvalue weighted by molar-refractivity contribution is 7.98. The van der Waals surface area contributed by atoms with Crippen molar-refractivity contribution in [2.75, 3.05) is 0 Å². The topological polar surface area (TPSA) is 82.8 Å². The summed E-state index contributed by atoms with van der Waals surface area (Å²) in [7, 11) is 0. The average Bonchev–Trinajstić information content (AvgIpc) is 3.54. The molecule has 0 aliphatic rings. The van der Waals surface area contributed by atoms with E-state index in [4.69, 9.17) is 20.4 Å². The Morgan fingerprint density at radius 2 is 1.75 bits per heavy atom. The minimum absolute atomic E-state index is 0.456. The van der Waals surface area contributed by atoms with Gasteiger partial charge in [0.2, 0.25) is 11.8 Å². The maximum absolute atomic E-state index is 5.95. The van der Waals surface area contributed by atoms with Gasteiger partial charge in [-0.15, -0.1) is 20.4 Å². The second-order valence-corrected chi connectivity index (χ2v) is 8.44. The molecular formula is C23H18ClN5O2S. The van der Waals surface area contributed by atoms with Crippen LogP contribution in [0.4, 0.5) is 0 Å². The minimum Gasteiger partial charge on any atom is -0.469 e. The smallest absolute Gasteiger partial charge is 0.247 e. The van der Waals surface area contributed by atoms with Gasteiger partial charge in [-0.3, -0.25) is 4.57 Å². The monoisotopic (exact) mass is 463 g/mol. The van der Waals surface area contributed by atoms with Crippen LogP contribution in [0.2, 0.25) is 5.02 Å². The van der Waals surface area contributed by atoms with Crippen LogP contribution >= 0.6 is 23.4 Å². The quantitative estimate of drug-likeness (QED) is 0.278. The summed E-state index contributed by atoms with van der Waals surface area (Å²) in [4.78, 5) is 0. The summed E-state index contributed by atoms with van der Waals surface area (Å²) in [6, 6.07) is 19.4. The largest absolute Gasteiger partial charge is 0.469 e. The van der Waals surface area contributed by atoms with Crippen molar-refractivity contribution in [2.24, 2.45) is 0 Å². The van der Waals surface area contributed by atoms with Crippen molar-refractivity contribution in [2.45, 2.75) is 24.4 Å². The Labute approximate surface area is 193 Å². The van der Waals surface area contributed by atoms with Crippen molar-refractivity contribution < 1.29 is 8.83 Å². The van der Waals surface area contributed by atoms with E-state index in [1.807, 2.05) is 43.3 Å². The van der Waals surface area contributed by atoms with Crippen LogP contribution in [0, 0.1) is 6.92 Å². The van der Waals surface area contributed by atoms with E-state index >= 15 is 0 Å². The molecule has 0 spiro atoms. The third-order valence-electron chi connectivity index (χ3n) is 4.88. The molecule has 0 radical (unpaired) electrons. The number of hydrogen-bond donors (Lipinski definition) is 0. The molecule has 32 heavy (non-hydrogen) atoms. The van der Waals surface area contributed by atoms with Crippen LogP contribution in [0.5, 0.6) is 0 Å². The van der Waals surface area contributed by atoms with Crippen LogP contribution in [0.25, 0.3) is 22.8 Å². The number of aryl methyl sites for hydroxylation is 1. The Kier molecular flexibility index (Phi) is 5.79. The van der Waals surface area contributed by atoms with E-state index < -0.39 is 0 Å². The fourth-order valence-corrected chi connectivity index (χ4v) is 4.17. The van der Waals surface area contributed by atoms with Crippen molar-refractivity contribution >= 4 is 23.4 Å². The van der Waals surface area contributed by atoms with Gasteiger partial charge in [0, 0.05) is 10.6 Å². The Morgan fingerprint density at radius 1 is 0.938 bits per heavy atom. The van der Waals surface area contributed by atoms with Crippen molar-refractivity contribution in [1.82, 2.24) is 25.0 Å². The highest BCUT2D eigenvalue weighted by atomic mass is 35.5. The minimum atomic E-state index is 0.456. The molecule has 0 N–H and O–H groups in total. The molecule has 0 fully saturated rings. The molecule has 5 aromatic rings. The van der Waals surface area contributed by atoms with Gasteiger partial charge in [0.1, 0.15) is 5.76 Å². The third kappa shape index (κ3) is 4.32. The highest BCUT2D eigenvalue weighted by Crippen LogP contribution is 2.30. The van der Waals surface area contributed by atoms with Crippen LogP contribution in [0.3, 0.4) is 0 Å². The van der Waals surface area contributed by atoms with E-state index in [9.17, 15) is 0 Å². The number of thioether (sulfide) groups is 1. The van der Waals surface area contributed by atoms with E-state index in [-0.39, 0.29) is 0 Å². The maximum Gasteiger partial charge on any atom is 0.247 e. The molecule has 9 heteroatoms. The Balaban J connectivity index is 1.39. The second-order valence-electron chi connectivity index (χ2n) is 7.06. The molecule has 7 nitrogen and oxygen atoms in total. The van der Waals surface area contributed by atoms with Gasteiger partial charge in [-0.25, -0.2) is 0 Å². The first kappa shape index (κ1) is 20.5. The molecular weight excluding hydrogens is 446 g/mol. The van der Waals surface area contributed by atoms with Crippen LogP contribution < -0.4 is 0 Å². The number of rotatable bonds is 7. The molecule has 0 aliphatic carbocycles. The number of benzene rings is 2. The molecule has 0 amide bonds. The Morgan fingerprint density at radius 3 is 2.50 bits per heavy atom. The number of furan rings is 1. The van der Waals surface area contributed by atoms with Crippen molar-refractivity contribution in [1.29, 1.82) is 0 Å². The predicted octanol–water partition coefficient (Wildman–Crippen LogP) is 5.89. The van der Waals surface area contributed by atoms with Gasteiger partial charge >= 0.3 is 0 Å². The lowest BCUT2D eigenvalue weighted by molar-refractivity contribution is 0.528. The average molecular weight is 464 g/mol. The van der Waals surface area contributed by atoms with E-state index in [1.165, 1.54) is 11.8 Å². The van der Waals surface area contributed by atoms with E-state index in [0.29, 0.717) is 29.1 Å². The first-order valence-electron chi connectivity index (χ1n) is 9.90. The van der Waals surface area contributed by atoms with Crippen molar-refractivity contribution in [3.8, 4) is 22.8 Å². The van der Waals surface area contributed by atoms with Gasteiger partial charge < -0.3 is 8.83 Å². The molecule has 3 heterocycles. The fourth-order valence-electron chi connectivity index (χ4n) is 3.27. The lowest BCUT2D eigenvalue weighted by atomic mass is 10.2.